The molecule has 1 unspecified atom stereocenters. The summed E-state index contributed by atoms with van der Waals surface area (Å²) in [5, 5.41) is 8.28. The maximum atomic E-state index is 12.9. The molecule has 7 nitrogen and oxygen atoms in total. The Labute approximate surface area is 181 Å². The second-order valence-corrected chi connectivity index (χ2v) is 7.70. The van der Waals surface area contributed by atoms with E-state index in [2.05, 4.69) is 10.2 Å². The highest BCUT2D eigenvalue weighted by Crippen LogP contribution is 2.25. The van der Waals surface area contributed by atoms with E-state index in [0.717, 1.165) is 29.5 Å². The van der Waals surface area contributed by atoms with Crippen molar-refractivity contribution < 1.29 is 18.7 Å². The van der Waals surface area contributed by atoms with Crippen molar-refractivity contribution in [2.45, 2.75) is 26.7 Å². The molecule has 0 N–H and O–H groups in total. The normalized spacial score (nSPS) is 16.2. The summed E-state index contributed by atoms with van der Waals surface area (Å²) in [5.74, 6) is 0.283. The summed E-state index contributed by atoms with van der Waals surface area (Å²) in [6.07, 6.45) is 1.54. The van der Waals surface area contributed by atoms with Crippen LogP contribution in [-0.2, 0) is 9.53 Å². The second kappa shape index (κ2) is 9.12. The van der Waals surface area contributed by atoms with E-state index in [1.807, 2.05) is 31.2 Å². The molecule has 0 bridgehead atoms. The molecule has 1 amide bonds. The zero-order valence-electron chi connectivity index (χ0n) is 17.7. The Kier molecular flexibility index (Phi) is 6.11. The predicted octanol–water partition coefficient (Wildman–Crippen LogP) is 4.13. The Hall–Kier alpha value is -3.48. The molecule has 3 aromatic rings. The summed E-state index contributed by atoms with van der Waals surface area (Å²) >= 11 is 0. The minimum Gasteiger partial charge on any atom is -0.466 e. The molecule has 0 saturated carbocycles. The highest BCUT2D eigenvalue weighted by atomic mass is 16.5. The molecule has 0 spiro atoms. The summed E-state index contributed by atoms with van der Waals surface area (Å²) in [7, 11) is 0. The van der Waals surface area contributed by atoms with Crippen molar-refractivity contribution in [2.24, 2.45) is 5.92 Å². The number of hydrogen-bond donors (Lipinski definition) is 0. The van der Waals surface area contributed by atoms with E-state index in [1.165, 1.54) is 0 Å². The monoisotopic (exact) mass is 419 g/mol. The van der Waals surface area contributed by atoms with E-state index >= 15 is 0 Å². The smallest absolute Gasteiger partial charge is 0.310 e. The number of benzene rings is 2. The van der Waals surface area contributed by atoms with Crippen LogP contribution in [0.4, 0.5) is 0 Å². The predicted molar refractivity (Wildman–Crippen MR) is 115 cm³/mol. The Morgan fingerprint density at radius 2 is 1.84 bits per heavy atom. The lowest BCUT2D eigenvalue weighted by Gasteiger charge is -2.31. The summed E-state index contributed by atoms with van der Waals surface area (Å²) < 4.78 is 10.9. The third-order valence-corrected chi connectivity index (χ3v) is 5.40. The number of carbonyl (C=O) groups excluding carboxylic acids is 2. The van der Waals surface area contributed by atoms with Gasteiger partial charge in [0.1, 0.15) is 0 Å². The number of piperidine rings is 1. The van der Waals surface area contributed by atoms with E-state index in [9.17, 15) is 9.59 Å². The Balaban J connectivity index is 1.46. The Morgan fingerprint density at radius 1 is 1.10 bits per heavy atom. The van der Waals surface area contributed by atoms with E-state index in [4.69, 9.17) is 9.15 Å². The van der Waals surface area contributed by atoms with Gasteiger partial charge in [0.05, 0.1) is 12.5 Å². The number of esters is 1. The maximum Gasteiger partial charge on any atom is 0.310 e. The molecule has 7 heteroatoms. The topological polar surface area (TPSA) is 85.5 Å². The van der Waals surface area contributed by atoms with Crippen molar-refractivity contribution in [3.63, 3.8) is 0 Å². The van der Waals surface area contributed by atoms with Crippen LogP contribution in [-0.4, -0.2) is 46.7 Å². The largest absolute Gasteiger partial charge is 0.466 e. The van der Waals surface area contributed by atoms with Crippen LogP contribution in [0.15, 0.2) is 52.9 Å². The average molecular weight is 419 g/mol. The van der Waals surface area contributed by atoms with Crippen molar-refractivity contribution in [3.8, 4) is 22.9 Å². The fraction of sp³-hybridized carbons (Fsp3) is 0.333. The van der Waals surface area contributed by atoms with Gasteiger partial charge in [-0.15, -0.1) is 10.2 Å². The number of rotatable bonds is 5. The molecule has 1 aliphatic rings. The molecule has 4 rings (SSSR count). The molecular weight excluding hydrogens is 394 g/mol. The van der Waals surface area contributed by atoms with Gasteiger partial charge in [0, 0.05) is 29.8 Å². The summed E-state index contributed by atoms with van der Waals surface area (Å²) in [6, 6.07) is 15.0. The van der Waals surface area contributed by atoms with Crippen LogP contribution in [0, 0.1) is 12.8 Å². The van der Waals surface area contributed by atoms with Crippen LogP contribution in [0.3, 0.4) is 0 Å². The average Bonchev–Trinajstić information content (AvgIpc) is 3.29. The molecule has 1 saturated heterocycles. The van der Waals surface area contributed by atoms with Gasteiger partial charge in [-0.1, -0.05) is 17.7 Å². The second-order valence-electron chi connectivity index (χ2n) is 7.70. The lowest BCUT2D eigenvalue weighted by Crippen LogP contribution is -2.42. The van der Waals surface area contributed by atoms with Crippen molar-refractivity contribution in [1.82, 2.24) is 15.1 Å². The standard InChI is InChI=1S/C24H25N3O4/c1-3-30-24(29)20-8-5-13-27(15-20)23(28)18-11-9-17(10-12-18)21-25-26-22(31-21)19-7-4-6-16(2)14-19/h4,6-7,9-12,14,20H,3,5,8,13,15H2,1-2H3. The summed E-state index contributed by atoms with van der Waals surface area (Å²) in [6.45, 7) is 5.18. The van der Waals surface area contributed by atoms with Crippen molar-refractivity contribution >= 4 is 11.9 Å². The maximum absolute atomic E-state index is 12.9. The van der Waals surface area contributed by atoms with E-state index in [1.54, 1.807) is 36.1 Å². The lowest BCUT2D eigenvalue weighted by molar-refractivity contribution is -0.149. The third-order valence-electron chi connectivity index (χ3n) is 5.40. The van der Waals surface area contributed by atoms with Crippen LogP contribution in [0.5, 0.6) is 0 Å². The van der Waals surface area contributed by atoms with E-state index in [-0.39, 0.29) is 17.8 Å². The first-order valence-electron chi connectivity index (χ1n) is 10.5. The molecule has 160 valence electrons. The highest BCUT2D eigenvalue weighted by Gasteiger charge is 2.29. The Bertz CT molecular complexity index is 1070. The SMILES string of the molecule is CCOC(=O)C1CCCN(C(=O)c2ccc(-c3nnc(-c4cccc(C)c4)o3)cc2)C1. The lowest BCUT2D eigenvalue weighted by atomic mass is 9.97. The van der Waals surface area contributed by atoms with Crippen molar-refractivity contribution in [1.29, 1.82) is 0 Å². The molecule has 1 atom stereocenters. The zero-order chi connectivity index (χ0) is 21.8. The number of aromatic nitrogens is 2. The van der Waals surface area contributed by atoms with Gasteiger partial charge < -0.3 is 14.1 Å². The first-order chi connectivity index (χ1) is 15.0. The molecule has 31 heavy (non-hydrogen) atoms. The molecule has 1 aliphatic heterocycles. The highest BCUT2D eigenvalue weighted by molar-refractivity contribution is 5.95. The molecule has 1 fully saturated rings. The number of nitrogens with zero attached hydrogens (tertiary/aromatic N) is 3. The number of amides is 1. The quantitative estimate of drug-likeness (QED) is 0.578. The molecule has 1 aromatic heterocycles. The fourth-order valence-corrected chi connectivity index (χ4v) is 3.79. The molecule has 2 aromatic carbocycles. The summed E-state index contributed by atoms with van der Waals surface area (Å²) in [5.41, 5.74) is 3.28. The molecule has 0 aliphatic carbocycles. The molecular formula is C24H25N3O4. The molecule has 0 radical (unpaired) electrons. The van der Waals surface area contributed by atoms with Gasteiger partial charge in [-0.3, -0.25) is 9.59 Å². The number of carbonyl (C=O) groups is 2. The third kappa shape index (κ3) is 4.66. The van der Waals surface area contributed by atoms with Crippen LogP contribution >= 0.6 is 0 Å². The van der Waals surface area contributed by atoms with Gasteiger partial charge in [0.25, 0.3) is 5.91 Å². The number of ether oxygens (including phenoxy) is 1. The molecule has 2 heterocycles. The van der Waals surface area contributed by atoms with E-state index < -0.39 is 0 Å². The first-order valence-corrected chi connectivity index (χ1v) is 10.5. The van der Waals surface area contributed by atoms with Gasteiger partial charge in [0.2, 0.25) is 11.8 Å². The van der Waals surface area contributed by atoms with Crippen molar-refractivity contribution in [2.75, 3.05) is 19.7 Å². The van der Waals surface area contributed by atoms with Crippen molar-refractivity contribution in [3.05, 3.63) is 59.7 Å². The minimum absolute atomic E-state index is 0.0912. The summed E-state index contributed by atoms with van der Waals surface area (Å²) in [4.78, 5) is 26.7. The number of aryl methyl sites for hydroxylation is 1. The zero-order valence-corrected chi connectivity index (χ0v) is 17.7. The van der Waals surface area contributed by atoms with Gasteiger partial charge in [0.15, 0.2) is 0 Å². The van der Waals surface area contributed by atoms with Crippen LogP contribution in [0.25, 0.3) is 22.9 Å². The number of likely N-dealkylation sites (tertiary alicyclic amines) is 1. The first kappa shape index (κ1) is 20.8. The van der Waals surface area contributed by atoms with Gasteiger partial charge >= 0.3 is 5.97 Å². The Morgan fingerprint density at radius 3 is 2.55 bits per heavy atom. The van der Waals surface area contributed by atoms with Crippen LogP contribution in [0.1, 0.15) is 35.7 Å². The van der Waals surface area contributed by atoms with Crippen LogP contribution < -0.4 is 0 Å². The van der Waals surface area contributed by atoms with Crippen LogP contribution in [0.2, 0.25) is 0 Å². The van der Waals surface area contributed by atoms with Gasteiger partial charge in [-0.25, -0.2) is 0 Å². The minimum atomic E-state index is -0.254. The number of hydrogen-bond acceptors (Lipinski definition) is 6. The van der Waals surface area contributed by atoms with E-state index in [0.29, 0.717) is 37.0 Å². The van der Waals surface area contributed by atoms with Gasteiger partial charge in [-0.2, -0.15) is 0 Å². The fourth-order valence-electron chi connectivity index (χ4n) is 3.79. The van der Waals surface area contributed by atoms with Gasteiger partial charge in [-0.05, 0) is 63.1 Å².